The second kappa shape index (κ2) is 8.73. The van der Waals surface area contributed by atoms with E-state index >= 15 is 0 Å². The summed E-state index contributed by atoms with van der Waals surface area (Å²) in [6.45, 7) is 6.20. The molecule has 1 rings (SSSR count). The number of hydrogen-bond donors (Lipinski definition) is 2. The number of hydrogen-bond acceptors (Lipinski definition) is 5. The van der Waals surface area contributed by atoms with Gasteiger partial charge in [0.25, 0.3) is 0 Å². The zero-order chi connectivity index (χ0) is 12.3. The van der Waals surface area contributed by atoms with E-state index in [2.05, 4.69) is 39.7 Å². The average Bonchev–Trinajstić information content (AvgIpc) is 2.36. The summed E-state index contributed by atoms with van der Waals surface area (Å²) in [4.78, 5) is 4.35. The molecule has 1 heterocycles. The van der Waals surface area contributed by atoms with Gasteiger partial charge in [0.15, 0.2) is 0 Å². The van der Waals surface area contributed by atoms with Crippen molar-refractivity contribution in [3.8, 4) is 0 Å². The molecule has 5 nitrogen and oxygen atoms in total. The highest BCUT2D eigenvalue weighted by Crippen LogP contribution is 2.04. The van der Waals surface area contributed by atoms with Gasteiger partial charge >= 0.3 is 0 Å². The van der Waals surface area contributed by atoms with E-state index in [9.17, 15) is 0 Å². The summed E-state index contributed by atoms with van der Waals surface area (Å²) in [5.41, 5.74) is 0. The molecule has 1 aromatic rings. The third-order valence-corrected chi connectivity index (χ3v) is 2.46. The predicted octanol–water partition coefficient (Wildman–Crippen LogP) is 2.69. The van der Waals surface area contributed by atoms with Gasteiger partial charge in [-0.05, 0) is 12.8 Å². The maximum Gasteiger partial charge on any atom is 0.244 e. The molecular formula is C12H23N5. The zero-order valence-electron chi connectivity index (χ0n) is 10.9. The Hall–Kier alpha value is -1.39. The van der Waals surface area contributed by atoms with Crippen LogP contribution < -0.4 is 10.6 Å². The Morgan fingerprint density at radius 3 is 2.53 bits per heavy atom. The fourth-order valence-electron chi connectivity index (χ4n) is 1.43. The van der Waals surface area contributed by atoms with Crippen LogP contribution in [0.4, 0.5) is 11.8 Å². The predicted molar refractivity (Wildman–Crippen MR) is 71.2 cm³/mol. The summed E-state index contributed by atoms with van der Waals surface area (Å²) in [5, 5.41) is 14.3. The first-order chi connectivity index (χ1) is 8.36. The van der Waals surface area contributed by atoms with E-state index in [4.69, 9.17) is 0 Å². The number of aromatic nitrogens is 3. The van der Waals surface area contributed by atoms with Gasteiger partial charge in [0.05, 0.1) is 6.20 Å². The molecule has 1 aromatic heterocycles. The van der Waals surface area contributed by atoms with Crippen LogP contribution in [-0.2, 0) is 0 Å². The van der Waals surface area contributed by atoms with Crippen LogP contribution in [0.3, 0.4) is 0 Å². The molecule has 0 radical (unpaired) electrons. The van der Waals surface area contributed by atoms with Crippen molar-refractivity contribution in [2.45, 2.75) is 46.0 Å². The van der Waals surface area contributed by atoms with Crippen molar-refractivity contribution in [2.75, 3.05) is 23.7 Å². The van der Waals surface area contributed by atoms with Crippen molar-refractivity contribution in [3.63, 3.8) is 0 Å². The lowest BCUT2D eigenvalue weighted by atomic mass is 10.2. The zero-order valence-corrected chi connectivity index (χ0v) is 10.9. The van der Waals surface area contributed by atoms with E-state index < -0.39 is 0 Å². The van der Waals surface area contributed by atoms with E-state index in [1.54, 1.807) is 6.20 Å². The second-order valence-corrected chi connectivity index (χ2v) is 4.08. The highest BCUT2D eigenvalue weighted by Gasteiger charge is 1.98. The third kappa shape index (κ3) is 6.04. The molecule has 2 N–H and O–H groups in total. The Kier molecular flexibility index (Phi) is 7.02. The van der Waals surface area contributed by atoms with Gasteiger partial charge < -0.3 is 10.6 Å². The molecule has 0 fully saturated rings. The van der Waals surface area contributed by atoms with E-state index in [1.165, 1.54) is 19.3 Å². The number of rotatable bonds is 9. The Balaban J connectivity index is 2.31. The molecule has 0 spiro atoms. The quantitative estimate of drug-likeness (QED) is 0.646. The van der Waals surface area contributed by atoms with Crippen LogP contribution in [0.1, 0.15) is 46.0 Å². The van der Waals surface area contributed by atoms with Crippen LogP contribution in [0, 0.1) is 0 Å². The lowest BCUT2D eigenvalue weighted by Gasteiger charge is -2.06. The highest BCUT2D eigenvalue weighted by atomic mass is 15.3. The van der Waals surface area contributed by atoms with Crippen LogP contribution in [0.15, 0.2) is 6.20 Å². The Morgan fingerprint density at radius 2 is 1.76 bits per heavy atom. The van der Waals surface area contributed by atoms with Crippen LogP contribution in [0.5, 0.6) is 0 Å². The minimum Gasteiger partial charge on any atom is -0.369 e. The minimum absolute atomic E-state index is 0.614. The largest absolute Gasteiger partial charge is 0.369 e. The van der Waals surface area contributed by atoms with E-state index in [0.717, 1.165) is 31.7 Å². The topological polar surface area (TPSA) is 62.7 Å². The molecule has 0 unspecified atom stereocenters. The monoisotopic (exact) mass is 237 g/mol. The van der Waals surface area contributed by atoms with E-state index in [1.807, 2.05) is 0 Å². The maximum atomic E-state index is 4.35. The van der Waals surface area contributed by atoms with Crippen LogP contribution >= 0.6 is 0 Å². The van der Waals surface area contributed by atoms with Gasteiger partial charge in [0, 0.05) is 13.1 Å². The summed E-state index contributed by atoms with van der Waals surface area (Å²) < 4.78 is 0. The van der Waals surface area contributed by atoms with Gasteiger partial charge in [-0.15, -0.1) is 5.10 Å². The second-order valence-electron chi connectivity index (χ2n) is 4.08. The van der Waals surface area contributed by atoms with Gasteiger partial charge in [0.1, 0.15) is 5.82 Å². The summed E-state index contributed by atoms with van der Waals surface area (Å²) in [6.07, 6.45) is 7.57. The summed E-state index contributed by atoms with van der Waals surface area (Å²) >= 11 is 0. The van der Waals surface area contributed by atoms with Crippen molar-refractivity contribution in [2.24, 2.45) is 0 Å². The summed E-state index contributed by atoms with van der Waals surface area (Å²) in [5.74, 6) is 1.41. The first-order valence-electron chi connectivity index (χ1n) is 6.54. The molecular weight excluding hydrogens is 214 g/mol. The number of nitrogens with one attached hydrogen (secondary N) is 2. The lowest BCUT2D eigenvalue weighted by Crippen LogP contribution is -2.09. The van der Waals surface area contributed by atoms with Crippen LogP contribution in [0.2, 0.25) is 0 Å². The molecule has 0 aromatic carbocycles. The van der Waals surface area contributed by atoms with Gasteiger partial charge in [-0.1, -0.05) is 33.1 Å². The normalized spacial score (nSPS) is 10.2. The van der Waals surface area contributed by atoms with E-state index in [0.29, 0.717) is 5.95 Å². The van der Waals surface area contributed by atoms with Crippen molar-refractivity contribution in [1.82, 2.24) is 15.2 Å². The molecule has 0 bridgehead atoms. The van der Waals surface area contributed by atoms with Crippen LogP contribution in [0.25, 0.3) is 0 Å². The molecule has 0 saturated heterocycles. The van der Waals surface area contributed by atoms with Gasteiger partial charge in [-0.25, -0.2) is 0 Å². The van der Waals surface area contributed by atoms with Crippen molar-refractivity contribution in [3.05, 3.63) is 6.20 Å². The first kappa shape index (κ1) is 13.7. The van der Waals surface area contributed by atoms with Crippen molar-refractivity contribution >= 4 is 11.8 Å². The Labute approximate surface area is 103 Å². The summed E-state index contributed by atoms with van der Waals surface area (Å²) in [6, 6.07) is 0. The number of unbranched alkanes of at least 4 members (excludes halogenated alkanes) is 3. The Bertz CT molecular complexity index is 303. The fourth-order valence-corrected chi connectivity index (χ4v) is 1.43. The summed E-state index contributed by atoms with van der Waals surface area (Å²) in [7, 11) is 0. The maximum absolute atomic E-state index is 4.35. The standard InChI is InChI=1S/C12H23N5/c1-3-5-7-9-14-12-16-11(10-15-17-12)13-8-6-4-2/h10H,3-9H2,1-2H3,(H2,13,14,16,17). The molecule has 17 heavy (non-hydrogen) atoms. The van der Waals surface area contributed by atoms with Crippen molar-refractivity contribution in [1.29, 1.82) is 0 Å². The van der Waals surface area contributed by atoms with Gasteiger partial charge in [0.2, 0.25) is 5.95 Å². The first-order valence-corrected chi connectivity index (χ1v) is 6.54. The fraction of sp³-hybridized carbons (Fsp3) is 0.750. The molecule has 0 aliphatic rings. The van der Waals surface area contributed by atoms with Crippen LogP contribution in [-0.4, -0.2) is 28.3 Å². The average molecular weight is 237 g/mol. The van der Waals surface area contributed by atoms with Gasteiger partial charge in [-0.3, -0.25) is 0 Å². The van der Waals surface area contributed by atoms with Crippen molar-refractivity contribution < 1.29 is 0 Å². The molecule has 0 amide bonds. The SMILES string of the molecule is CCCCCNc1nncc(NCCCC)n1. The minimum atomic E-state index is 0.614. The molecule has 0 atom stereocenters. The molecule has 5 heteroatoms. The molecule has 0 aliphatic carbocycles. The number of anilines is 2. The van der Waals surface area contributed by atoms with Gasteiger partial charge in [-0.2, -0.15) is 10.1 Å². The number of nitrogens with zero attached hydrogens (tertiary/aromatic N) is 3. The van der Waals surface area contributed by atoms with E-state index in [-0.39, 0.29) is 0 Å². The molecule has 0 aliphatic heterocycles. The highest BCUT2D eigenvalue weighted by molar-refractivity contribution is 5.36. The smallest absolute Gasteiger partial charge is 0.244 e. The third-order valence-electron chi connectivity index (χ3n) is 2.46. The molecule has 0 saturated carbocycles. The Morgan fingerprint density at radius 1 is 1.00 bits per heavy atom. The lowest BCUT2D eigenvalue weighted by molar-refractivity contribution is 0.738. The molecule has 96 valence electrons.